The third kappa shape index (κ3) is 5.33. The number of aromatic nitrogens is 1. The molecule has 1 rings (SSSR count). The Morgan fingerprint density at radius 2 is 2.06 bits per heavy atom. The third-order valence-electron chi connectivity index (χ3n) is 2.44. The van der Waals surface area contributed by atoms with Gasteiger partial charge in [0.25, 0.3) is 0 Å². The van der Waals surface area contributed by atoms with Crippen molar-refractivity contribution in [2.45, 2.75) is 13.3 Å². The van der Waals surface area contributed by atoms with E-state index >= 15 is 0 Å². The van der Waals surface area contributed by atoms with Gasteiger partial charge in [0.05, 0.1) is 32.2 Å². The third-order valence-corrected chi connectivity index (χ3v) is 2.44. The molecule has 0 amide bonds. The van der Waals surface area contributed by atoms with Gasteiger partial charge in [0.2, 0.25) is 0 Å². The van der Waals surface area contributed by atoms with Crippen molar-refractivity contribution in [3.05, 3.63) is 18.0 Å². The minimum Gasteiger partial charge on any atom is -0.493 e. The van der Waals surface area contributed by atoms with E-state index < -0.39 is 0 Å². The molecule has 0 aliphatic carbocycles. The van der Waals surface area contributed by atoms with E-state index in [9.17, 15) is 0 Å². The number of nitrogens with one attached hydrogen (secondary N) is 1. The van der Waals surface area contributed by atoms with Crippen LogP contribution in [0.5, 0.6) is 5.75 Å². The summed E-state index contributed by atoms with van der Waals surface area (Å²) in [4.78, 5) is 4.19. The molecular formula is C13H22N2O3. The molecule has 0 saturated carbocycles. The SMILES string of the molecule is COCCOCCCNc1cc(C)ncc1OC. The van der Waals surface area contributed by atoms with Gasteiger partial charge in [-0.15, -0.1) is 0 Å². The fourth-order valence-corrected chi connectivity index (χ4v) is 1.49. The Hall–Kier alpha value is -1.33. The Labute approximate surface area is 108 Å². The van der Waals surface area contributed by atoms with E-state index in [4.69, 9.17) is 14.2 Å². The van der Waals surface area contributed by atoms with Gasteiger partial charge in [0, 0.05) is 26.0 Å². The van der Waals surface area contributed by atoms with Crippen molar-refractivity contribution >= 4 is 5.69 Å². The van der Waals surface area contributed by atoms with Crippen LogP contribution in [-0.2, 0) is 9.47 Å². The van der Waals surface area contributed by atoms with Crippen molar-refractivity contribution in [3.8, 4) is 5.75 Å². The number of methoxy groups -OCH3 is 2. The van der Waals surface area contributed by atoms with Crippen molar-refractivity contribution in [1.82, 2.24) is 4.98 Å². The Bertz CT molecular complexity index is 345. The standard InChI is InChI=1S/C13H22N2O3/c1-11-9-12(13(17-3)10-15-11)14-5-4-6-18-8-7-16-2/h9-10H,4-8H2,1-3H3,(H,14,15). The lowest BCUT2D eigenvalue weighted by molar-refractivity contribution is 0.0705. The maximum absolute atomic E-state index is 5.38. The van der Waals surface area contributed by atoms with E-state index in [0.29, 0.717) is 13.2 Å². The molecule has 0 atom stereocenters. The Balaban J connectivity index is 2.24. The molecule has 5 nitrogen and oxygen atoms in total. The number of anilines is 1. The van der Waals surface area contributed by atoms with E-state index in [1.807, 2.05) is 13.0 Å². The molecule has 1 aromatic heterocycles. The van der Waals surface area contributed by atoms with Crippen molar-refractivity contribution in [2.24, 2.45) is 0 Å². The van der Waals surface area contributed by atoms with Crippen LogP contribution in [0.4, 0.5) is 5.69 Å². The van der Waals surface area contributed by atoms with Crippen LogP contribution in [-0.4, -0.2) is 45.6 Å². The van der Waals surface area contributed by atoms with Crippen molar-refractivity contribution in [3.63, 3.8) is 0 Å². The predicted molar refractivity (Wildman–Crippen MR) is 71.3 cm³/mol. The van der Waals surface area contributed by atoms with Gasteiger partial charge in [-0.25, -0.2) is 0 Å². The van der Waals surface area contributed by atoms with Crippen LogP contribution in [0.25, 0.3) is 0 Å². The zero-order chi connectivity index (χ0) is 13.2. The molecule has 0 aromatic carbocycles. The molecule has 102 valence electrons. The number of nitrogens with zero attached hydrogens (tertiary/aromatic N) is 1. The van der Waals surface area contributed by atoms with Crippen LogP contribution in [0.2, 0.25) is 0 Å². The molecule has 1 aromatic rings. The number of pyridine rings is 1. The first-order valence-corrected chi connectivity index (χ1v) is 6.09. The summed E-state index contributed by atoms with van der Waals surface area (Å²) in [7, 11) is 3.31. The largest absolute Gasteiger partial charge is 0.493 e. The van der Waals surface area contributed by atoms with Crippen LogP contribution in [0.15, 0.2) is 12.3 Å². The summed E-state index contributed by atoms with van der Waals surface area (Å²) in [5, 5.41) is 3.32. The number of ether oxygens (including phenoxy) is 3. The smallest absolute Gasteiger partial charge is 0.160 e. The van der Waals surface area contributed by atoms with Crippen LogP contribution in [0, 0.1) is 6.92 Å². The van der Waals surface area contributed by atoms with Gasteiger partial charge in [-0.05, 0) is 19.4 Å². The summed E-state index contributed by atoms with van der Waals surface area (Å²) in [6.07, 6.45) is 2.67. The average Bonchev–Trinajstić information content (AvgIpc) is 2.38. The molecule has 0 fully saturated rings. The van der Waals surface area contributed by atoms with E-state index in [1.54, 1.807) is 20.4 Å². The van der Waals surface area contributed by atoms with Crippen molar-refractivity contribution in [1.29, 1.82) is 0 Å². The first-order valence-electron chi connectivity index (χ1n) is 6.09. The van der Waals surface area contributed by atoms with Gasteiger partial charge in [-0.3, -0.25) is 4.98 Å². The zero-order valence-corrected chi connectivity index (χ0v) is 11.4. The van der Waals surface area contributed by atoms with E-state index in [2.05, 4.69) is 10.3 Å². The number of hydrogen-bond acceptors (Lipinski definition) is 5. The molecule has 1 heterocycles. The first-order chi connectivity index (χ1) is 8.77. The second-order valence-electron chi connectivity index (χ2n) is 3.91. The van der Waals surface area contributed by atoms with E-state index in [-0.39, 0.29) is 0 Å². The fourth-order valence-electron chi connectivity index (χ4n) is 1.49. The predicted octanol–water partition coefficient (Wildman–Crippen LogP) is 1.86. The minimum atomic E-state index is 0.644. The highest BCUT2D eigenvalue weighted by molar-refractivity contribution is 5.55. The molecule has 18 heavy (non-hydrogen) atoms. The summed E-state index contributed by atoms with van der Waals surface area (Å²) in [6, 6.07) is 1.98. The highest BCUT2D eigenvalue weighted by atomic mass is 16.5. The van der Waals surface area contributed by atoms with Crippen LogP contribution in [0.3, 0.4) is 0 Å². The summed E-state index contributed by atoms with van der Waals surface area (Å²) in [5.74, 6) is 0.765. The highest BCUT2D eigenvalue weighted by Crippen LogP contribution is 2.23. The maximum Gasteiger partial charge on any atom is 0.160 e. The van der Waals surface area contributed by atoms with Gasteiger partial charge < -0.3 is 19.5 Å². The summed E-state index contributed by atoms with van der Waals surface area (Å²) in [5.41, 5.74) is 1.94. The normalized spacial score (nSPS) is 10.4. The maximum atomic E-state index is 5.38. The Morgan fingerprint density at radius 3 is 2.78 bits per heavy atom. The molecule has 0 saturated heterocycles. The molecule has 0 spiro atoms. The molecule has 0 radical (unpaired) electrons. The topological polar surface area (TPSA) is 52.6 Å². The Kier molecular flexibility index (Phi) is 7.13. The second-order valence-corrected chi connectivity index (χ2v) is 3.91. The molecule has 0 aliphatic heterocycles. The van der Waals surface area contributed by atoms with Crippen molar-refractivity contribution < 1.29 is 14.2 Å². The summed E-state index contributed by atoms with van der Waals surface area (Å²) in [6.45, 7) is 4.81. The van der Waals surface area contributed by atoms with Gasteiger partial charge in [-0.1, -0.05) is 0 Å². The van der Waals surface area contributed by atoms with Gasteiger partial charge in [-0.2, -0.15) is 0 Å². The van der Waals surface area contributed by atoms with Gasteiger partial charge >= 0.3 is 0 Å². The minimum absolute atomic E-state index is 0.644. The summed E-state index contributed by atoms with van der Waals surface area (Å²) >= 11 is 0. The first kappa shape index (κ1) is 14.7. The molecule has 0 aliphatic rings. The number of rotatable bonds is 9. The lowest BCUT2D eigenvalue weighted by atomic mass is 10.3. The Morgan fingerprint density at radius 1 is 1.22 bits per heavy atom. The monoisotopic (exact) mass is 254 g/mol. The quantitative estimate of drug-likeness (QED) is 0.682. The molecule has 0 unspecified atom stereocenters. The zero-order valence-electron chi connectivity index (χ0n) is 11.4. The van der Waals surface area contributed by atoms with Gasteiger partial charge in [0.15, 0.2) is 5.75 Å². The molecule has 1 N–H and O–H groups in total. The summed E-state index contributed by atoms with van der Waals surface area (Å²) < 4.78 is 15.5. The van der Waals surface area contributed by atoms with E-state index in [1.165, 1.54) is 0 Å². The molecular weight excluding hydrogens is 232 g/mol. The highest BCUT2D eigenvalue weighted by Gasteiger charge is 2.02. The number of hydrogen-bond donors (Lipinski definition) is 1. The van der Waals surface area contributed by atoms with Crippen LogP contribution < -0.4 is 10.1 Å². The second kappa shape index (κ2) is 8.72. The van der Waals surface area contributed by atoms with Crippen LogP contribution >= 0.6 is 0 Å². The fraction of sp³-hybridized carbons (Fsp3) is 0.615. The lowest BCUT2D eigenvalue weighted by Crippen LogP contribution is -2.09. The van der Waals surface area contributed by atoms with Crippen molar-refractivity contribution in [2.75, 3.05) is 45.9 Å². The van der Waals surface area contributed by atoms with Gasteiger partial charge in [0.1, 0.15) is 0 Å². The van der Waals surface area contributed by atoms with E-state index in [0.717, 1.165) is 36.7 Å². The lowest BCUT2D eigenvalue weighted by Gasteiger charge is -2.11. The number of aryl methyl sites for hydroxylation is 1. The molecule has 5 heteroatoms. The average molecular weight is 254 g/mol. The van der Waals surface area contributed by atoms with Crippen LogP contribution in [0.1, 0.15) is 12.1 Å². The molecule has 0 bridgehead atoms.